The number of aromatic nitrogens is 3. The van der Waals surface area contributed by atoms with E-state index in [1.165, 1.54) is 6.20 Å². The van der Waals surface area contributed by atoms with Crippen molar-refractivity contribution in [2.45, 2.75) is 30.5 Å². The minimum atomic E-state index is -0.925. The molecule has 2 fully saturated rings. The van der Waals surface area contributed by atoms with Crippen LogP contribution in [0.1, 0.15) is 24.0 Å². The number of morpholine rings is 1. The minimum Gasteiger partial charge on any atom is -0.385 e. The van der Waals surface area contributed by atoms with Crippen LogP contribution in [0.5, 0.6) is 0 Å². The smallest absolute Gasteiger partial charge is 0.172 e. The van der Waals surface area contributed by atoms with Crippen LogP contribution in [-0.2, 0) is 10.3 Å². The van der Waals surface area contributed by atoms with Gasteiger partial charge in [0.15, 0.2) is 5.65 Å². The number of hydrogen-bond donors (Lipinski definition) is 1. The quantitative estimate of drug-likeness (QED) is 0.814. The molecule has 114 valence electrons. The Hall–Kier alpha value is -2.01. The van der Waals surface area contributed by atoms with E-state index in [2.05, 4.69) is 28.1 Å². The number of nitriles is 1. The first-order chi connectivity index (χ1) is 10.6. The topological polar surface area (TPSA) is 86.7 Å². The number of piperidine rings is 1. The van der Waals surface area contributed by atoms with E-state index in [9.17, 15) is 5.11 Å². The molecule has 2 bridgehead atoms. The van der Waals surface area contributed by atoms with Gasteiger partial charge < -0.3 is 9.84 Å². The largest absolute Gasteiger partial charge is 0.385 e. The van der Waals surface area contributed by atoms with Crippen LogP contribution in [-0.4, -0.2) is 56.9 Å². The first-order valence-electron chi connectivity index (χ1n) is 7.37. The third-order valence-corrected chi connectivity index (χ3v) is 4.93. The van der Waals surface area contributed by atoms with E-state index in [0.717, 1.165) is 5.56 Å². The van der Waals surface area contributed by atoms with Gasteiger partial charge in [-0.2, -0.15) is 10.4 Å². The number of hydrogen-bond acceptors (Lipinski definition) is 6. The van der Waals surface area contributed by atoms with Crippen molar-refractivity contribution in [2.24, 2.45) is 0 Å². The van der Waals surface area contributed by atoms with E-state index in [1.807, 2.05) is 0 Å². The molecule has 2 aromatic heterocycles. The maximum Gasteiger partial charge on any atom is 0.172 e. The molecule has 2 aliphatic heterocycles. The van der Waals surface area contributed by atoms with E-state index in [-0.39, 0.29) is 12.1 Å². The fourth-order valence-corrected chi connectivity index (χ4v) is 3.57. The Morgan fingerprint density at radius 3 is 2.77 bits per heavy atom. The first-order valence-corrected chi connectivity index (χ1v) is 7.37. The lowest BCUT2D eigenvalue weighted by molar-refractivity contribution is -0.138. The van der Waals surface area contributed by atoms with Gasteiger partial charge in [0.1, 0.15) is 11.6 Å². The Morgan fingerprint density at radius 1 is 1.36 bits per heavy atom. The molecule has 2 atom stereocenters. The van der Waals surface area contributed by atoms with Crippen molar-refractivity contribution in [1.82, 2.24) is 19.5 Å². The Balaban J connectivity index is 1.73. The Morgan fingerprint density at radius 2 is 2.09 bits per heavy atom. The lowest BCUT2D eigenvalue weighted by Crippen LogP contribution is -2.59. The second kappa shape index (κ2) is 4.74. The van der Waals surface area contributed by atoms with Gasteiger partial charge in [-0.3, -0.25) is 4.90 Å². The van der Waals surface area contributed by atoms with Crippen molar-refractivity contribution in [2.75, 3.05) is 20.3 Å². The van der Waals surface area contributed by atoms with Gasteiger partial charge in [0.2, 0.25) is 0 Å². The summed E-state index contributed by atoms with van der Waals surface area (Å²) in [5, 5.41) is 24.3. The van der Waals surface area contributed by atoms with Crippen LogP contribution < -0.4 is 0 Å². The highest BCUT2D eigenvalue weighted by Gasteiger charge is 2.45. The summed E-state index contributed by atoms with van der Waals surface area (Å²) < 4.78 is 7.17. The molecule has 22 heavy (non-hydrogen) atoms. The van der Waals surface area contributed by atoms with Crippen LogP contribution in [0.4, 0.5) is 0 Å². The normalized spacial score (nSPS) is 32.0. The van der Waals surface area contributed by atoms with Gasteiger partial charge in [-0.1, -0.05) is 0 Å². The van der Waals surface area contributed by atoms with Crippen molar-refractivity contribution in [3.63, 3.8) is 0 Å². The predicted octanol–water partition coefficient (Wildman–Crippen LogP) is 0.282. The van der Waals surface area contributed by atoms with Gasteiger partial charge in [0.25, 0.3) is 0 Å². The summed E-state index contributed by atoms with van der Waals surface area (Å²) in [6.07, 6.45) is 6.16. The molecule has 7 nitrogen and oxygen atoms in total. The summed E-state index contributed by atoms with van der Waals surface area (Å²) in [6, 6.07) is 2.48. The Labute approximate surface area is 127 Å². The van der Waals surface area contributed by atoms with Crippen molar-refractivity contribution in [1.29, 1.82) is 5.26 Å². The lowest BCUT2D eigenvalue weighted by Gasteiger charge is -2.50. The second-order valence-corrected chi connectivity index (χ2v) is 6.23. The average Bonchev–Trinajstić information content (AvgIpc) is 2.91. The van der Waals surface area contributed by atoms with Crippen LogP contribution in [0.15, 0.2) is 18.6 Å². The molecular formula is C15H17N5O2. The zero-order valence-corrected chi connectivity index (χ0v) is 12.3. The van der Waals surface area contributed by atoms with Gasteiger partial charge in [-0.25, -0.2) is 9.50 Å². The number of rotatable bonds is 1. The van der Waals surface area contributed by atoms with Crippen LogP contribution in [0.2, 0.25) is 0 Å². The van der Waals surface area contributed by atoms with E-state index in [4.69, 9.17) is 10.00 Å². The summed E-state index contributed by atoms with van der Waals surface area (Å²) >= 11 is 0. The van der Waals surface area contributed by atoms with Crippen LogP contribution in [0.3, 0.4) is 0 Å². The summed E-state index contributed by atoms with van der Waals surface area (Å²) in [6.45, 7) is 1.29. The van der Waals surface area contributed by atoms with E-state index in [0.29, 0.717) is 37.3 Å². The maximum atomic E-state index is 11.2. The summed E-state index contributed by atoms with van der Waals surface area (Å²) in [5.41, 5.74) is 0.780. The molecule has 0 saturated carbocycles. The molecular weight excluding hydrogens is 282 g/mol. The molecule has 0 amide bonds. The highest BCUT2D eigenvalue weighted by atomic mass is 16.5. The number of likely N-dealkylation sites (N-methyl/N-ethyl adjacent to an activating group) is 1. The zero-order valence-electron chi connectivity index (χ0n) is 12.3. The van der Waals surface area contributed by atoms with Gasteiger partial charge in [0, 0.05) is 30.0 Å². The zero-order chi connectivity index (χ0) is 15.3. The van der Waals surface area contributed by atoms with Crippen molar-refractivity contribution < 1.29 is 9.84 Å². The van der Waals surface area contributed by atoms with E-state index < -0.39 is 5.60 Å². The molecule has 4 rings (SSSR count). The molecule has 0 spiro atoms. The summed E-state index contributed by atoms with van der Waals surface area (Å²) in [4.78, 5) is 6.62. The standard InChI is InChI=1S/C15H17N5O2/c1-19-12-2-15(21,3-13(19)9-22-8-12)11-6-17-14-10(4-16)5-18-20(14)7-11/h5-7,12-13,21H,2-3,8-9H2,1H3. The van der Waals surface area contributed by atoms with Crippen LogP contribution in [0, 0.1) is 11.3 Å². The highest BCUT2D eigenvalue weighted by Crippen LogP contribution is 2.40. The number of ether oxygens (including phenoxy) is 1. The van der Waals surface area contributed by atoms with Crippen molar-refractivity contribution in [3.05, 3.63) is 29.7 Å². The number of fused-ring (bicyclic) bond motifs is 3. The van der Waals surface area contributed by atoms with Gasteiger partial charge in [0.05, 0.1) is 25.0 Å². The van der Waals surface area contributed by atoms with Crippen LogP contribution >= 0.6 is 0 Å². The molecule has 0 aromatic carbocycles. The maximum absolute atomic E-state index is 11.2. The lowest BCUT2D eigenvalue weighted by atomic mass is 9.78. The Bertz CT molecular complexity index is 751. The van der Waals surface area contributed by atoms with Crippen LogP contribution in [0.25, 0.3) is 5.65 Å². The monoisotopic (exact) mass is 299 g/mol. The second-order valence-electron chi connectivity index (χ2n) is 6.23. The molecule has 2 aromatic rings. The highest BCUT2D eigenvalue weighted by molar-refractivity contribution is 5.53. The van der Waals surface area contributed by atoms with Crippen molar-refractivity contribution in [3.8, 4) is 6.07 Å². The molecule has 2 saturated heterocycles. The first kappa shape index (κ1) is 13.6. The fourth-order valence-electron chi connectivity index (χ4n) is 3.57. The molecule has 2 aliphatic rings. The molecule has 2 unspecified atom stereocenters. The van der Waals surface area contributed by atoms with E-state index in [1.54, 1.807) is 16.9 Å². The molecule has 1 N–H and O–H groups in total. The Kier molecular flexibility index (Phi) is 2.94. The van der Waals surface area contributed by atoms with Crippen molar-refractivity contribution >= 4 is 5.65 Å². The molecule has 0 aliphatic carbocycles. The third kappa shape index (κ3) is 1.92. The fraction of sp³-hybridized carbons (Fsp3) is 0.533. The summed E-state index contributed by atoms with van der Waals surface area (Å²) in [7, 11) is 2.09. The van der Waals surface area contributed by atoms with E-state index >= 15 is 0 Å². The third-order valence-electron chi connectivity index (χ3n) is 4.93. The molecule has 0 radical (unpaired) electrons. The van der Waals surface area contributed by atoms with Gasteiger partial charge >= 0.3 is 0 Å². The predicted molar refractivity (Wildman–Crippen MR) is 77.0 cm³/mol. The average molecular weight is 299 g/mol. The minimum absolute atomic E-state index is 0.209. The van der Waals surface area contributed by atoms with Gasteiger partial charge in [-0.15, -0.1) is 0 Å². The summed E-state index contributed by atoms with van der Waals surface area (Å²) in [5.74, 6) is 0. The molecule has 4 heterocycles. The molecule has 7 heteroatoms. The SMILES string of the molecule is CN1C2COCC1CC(O)(c1cnc3c(C#N)cnn3c1)C2. The number of nitrogens with zero attached hydrogens (tertiary/aromatic N) is 5. The van der Waals surface area contributed by atoms with Gasteiger partial charge in [-0.05, 0) is 19.9 Å². The number of aliphatic hydroxyl groups is 1.